The van der Waals surface area contributed by atoms with E-state index in [0.717, 1.165) is 47.7 Å². The SMILES string of the molecule is Cc1nn(-c2ccccc2)c(C)c1CC(=O)N1CCC[C@H]1c1ccccn1. The Balaban J connectivity index is 1.57. The average Bonchev–Trinajstić information content (AvgIpc) is 3.30. The standard InChI is InChI=1S/C22H24N4O/c1-16-19(17(2)26(24-16)18-9-4-3-5-10-18)15-22(27)25-14-8-12-21(25)20-11-6-7-13-23-20/h3-7,9-11,13,21H,8,12,14-15H2,1-2H3/t21-/m0/s1. The molecular weight excluding hydrogens is 336 g/mol. The second-order valence-corrected chi connectivity index (χ2v) is 7.07. The van der Waals surface area contributed by atoms with Crippen molar-refractivity contribution in [2.75, 3.05) is 6.54 Å². The van der Waals surface area contributed by atoms with Gasteiger partial charge >= 0.3 is 0 Å². The molecule has 0 unspecified atom stereocenters. The highest BCUT2D eigenvalue weighted by molar-refractivity contribution is 5.80. The van der Waals surface area contributed by atoms with Crippen LogP contribution in [-0.4, -0.2) is 32.1 Å². The van der Waals surface area contributed by atoms with Crippen molar-refractivity contribution in [1.82, 2.24) is 19.7 Å². The third-order valence-electron chi connectivity index (χ3n) is 5.37. The third kappa shape index (κ3) is 3.37. The molecule has 1 saturated heterocycles. The molecule has 1 amide bonds. The van der Waals surface area contributed by atoms with Gasteiger partial charge in [-0.25, -0.2) is 4.68 Å². The second kappa shape index (κ2) is 7.35. The van der Waals surface area contributed by atoms with Crippen molar-refractivity contribution < 1.29 is 4.79 Å². The summed E-state index contributed by atoms with van der Waals surface area (Å²) in [4.78, 5) is 19.6. The fourth-order valence-corrected chi connectivity index (χ4v) is 3.95. The number of aromatic nitrogens is 3. The van der Waals surface area contributed by atoms with Gasteiger partial charge in [0.1, 0.15) is 0 Å². The number of para-hydroxylation sites is 1. The van der Waals surface area contributed by atoms with Gasteiger partial charge in [-0.2, -0.15) is 5.10 Å². The summed E-state index contributed by atoms with van der Waals surface area (Å²) in [6, 6.07) is 16.0. The van der Waals surface area contributed by atoms with E-state index in [0.29, 0.717) is 6.42 Å². The lowest BCUT2D eigenvalue weighted by Crippen LogP contribution is -2.32. The Labute approximate surface area is 159 Å². The molecule has 3 aromatic rings. The molecule has 5 heteroatoms. The van der Waals surface area contributed by atoms with Crippen LogP contribution in [0.2, 0.25) is 0 Å². The molecule has 5 nitrogen and oxygen atoms in total. The van der Waals surface area contributed by atoms with E-state index in [9.17, 15) is 4.79 Å². The van der Waals surface area contributed by atoms with E-state index in [1.165, 1.54) is 0 Å². The number of carbonyl (C=O) groups is 1. The van der Waals surface area contributed by atoms with Crippen molar-refractivity contribution in [3.8, 4) is 5.69 Å². The largest absolute Gasteiger partial charge is 0.334 e. The quantitative estimate of drug-likeness (QED) is 0.711. The zero-order valence-electron chi connectivity index (χ0n) is 15.8. The van der Waals surface area contributed by atoms with E-state index in [1.54, 1.807) is 6.20 Å². The van der Waals surface area contributed by atoms with Crippen LogP contribution in [0.4, 0.5) is 0 Å². The number of benzene rings is 1. The predicted octanol–water partition coefficient (Wildman–Crippen LogP) is 3.79. The van der Waals surface area contributed by atoms with E-state index in [1.807, 2.05) is 72.0 Å². The van der Waals surface area contributed by atoms with Crippen molar-refractivity contribution in [3.05, 3.63) is 77.4 Å². The molecule has 27 heavy (non-hydrogen) atoms. The van der Waals surface area contributed by atoms with Crippen LogP contribution >= 0.6 is 0 Å². The average molecular weight is 360 g/mol. The molecule has 2 aromatic heterocycles. The first-order valence-corrected chi connectivity index (χ1v) is 9.46. The molecule has 1 aromatic carbocycles. The van der Waals surface area contributed by atoms with Crippen LogP contribution in [0.5, 0.6) is 0 Å². The second-order valence-electron chi connectivity index (χ2n) is 7.07. The molecule has 1 aliphatic heterocycles. The molecule has 1 atom stereocenters. The first kappa shape index (κ1) is 17.5. The number of aryl methyl sites for hydroxylation is 1. The number of nitrogens with zero attached hydrogens (tertiary/aromatic N) is 4. The molecule has 3 heterocycles. The van der Waals surface area contributed by atoms with Crippen LogP contribution in [0.15, 0.2) is 54.7 Å². The fourth-order valence-electron chi connectivity index (χ4n) is 3.95. The van der Waals surface area contributed by atoms with Crippen molar-refractivity contribution in [1.29, 1.82) is 0 Å². The minimum absolute atomic E-state index is 0.0866. The van der Waals surface area contributed by atoms with Gasteiger partial charge < -0.3 is 4.90 Å². The van der Waals surface area contributed by atoms with Crippen LogP contribution in [-0.2, 0) is 11.2 Å². The van der Waals surface area contributed by atoms with Gasteiger partial charge in [0.15, 0.2) is 0 Å². The van der Waals surface area contributed by atoms with E-state index < -0.39 is 0 Å². The van der Waals surface area contributed by atoms with Crippen LogP contribution < -0.4 is 0 Å². The molecule has 0 radical (unpaired) electrons. The maximum atomic E-state index is 13.1. The summed E-state index contributed by atoms with van der Waals surface area (Å²) >= 11 is 0. The van der Waals surface area contributed by atoms with Gasteiger partial charge in [-0.1, -0.05) is 24.3 Å². The lowest BCUT2D eigenvalue weighted by molar-refractivity contribution is -0.131. The number of carbonyl (C=O) groups excluding carboxylic acids is 1. The van der Waals surface area contributed by atoms with Crippen LogP contribution in [0.1, 0.15) is 41.5 Å². The maximum absolute atomic E-state index is 13.1. The number of likely N-dealkylation sites (tertiary alicyclic amines) is 1. The molecule has 1 aliphatic rings. The Morgan fingerprint density at radius 2 is 1.89 bits per heavy atom. The Kier molecular flexibility index (Phi) is 4.75. The highest BCUT2D eigenvalue weighted by Crippen LogP contribution is 2.31. The molecule has 0 aliphatic carbocycles. The molecule has 0 saturated carbocycles. The molecular formula is C22H24N4O. The first-order chi connectivity index (χ1) is 13.1. The van der Waals surface area contributed by atoms with Crippen LogP contribution in [0.3, 0.4) is 0 Å². The number of hydrogen-bond donors (Lipinski definition) is 0. The zero-order chi connectivity index (χ0) is 18.8. The monoisotopic (exact) mass is 360 g/mol. The summed E-state index contributed by atoms with van der Waals surface area (Å²) in [6.45, 7) is 4.82. The summed E-state index contributed by atoms with van der Waals surface area (Å²) in [6.07, 6.45) is 4.18. The summed E-state index contributed by atoms with van der Waals surface area (Å²) in [5.74, 6) is 0.155. The van der Waals surface area contributed by atoms with E-state index in [-0.39, 0.29) is 11.9 Å². The van der Waals surface area contributed by atoms with Gasteiger partial charge in [0.05, 0.1) is 29.5 Å². The first-order valence-electron chi connectivity index (χ1n) is 9.46. The smallest absolute Gasteiger partial charge is 0.227 e. The Bertz CT molecular complexity index is 934. The van der Waals surface area contributed by atoms with Crippen molar-refractivity contribution in [3.63, 3.8) is 0 Å². The third-order valence-corrected chi connectivity index (χ3v) is 5.37. The van der Waals surface area contributed by atoms with Crippen LogP contribution in [0.25, 0.3) is 5.69 Å². The van der Waals surface area contributed by atoms with Gasteiger partial charge in [-0.3, -0.25) is 9.78 Å². The van der Waals surface area contributed by atoms with Crippen molar-refractivity contribution in [2.45, 2.75) is 39.2 Å². The normalized spacial score (nSPS) is 16.7. The highest BCUT2D eigenvalue weighted by atomic mass is 16.2. The van der Waals surface area contributed by atoms with Crippen LogP contribution in [0, 0.1) is 13.8 Å². The summed E-state index contributed by atoms with van der Waals surface area (Å²) in [5.41, 5.74) is 4.97. The molecule has 0 bridgehead atoms. The summed E-state index contributed by atoms with van der Waals surface area (Å²) in [7, 11) is 0. The Morgan fingerprint density at radius 3 is 2.63 bits per heavy atom. The molecule has 4 rings (SSSR count). The molecule has 1 fully saturated rings. The number of hydrogen-bond acceptors (Lipinski definition) is 3. The lowest BCUT2D eigenvalue weighted by Gasteiger charge is -2.24. The molecule has 0 N–H and O–H groups in total. The molecule has 138 valence electrons. The highest BCUT2D eigenvalue weighted by Gasteiger charge is 2.31. The van der Waals surface area contributed by atoms with Crippen molar-refractivity contribution in [2.24, 2.45) is 0 Å². The van der Waals surface area contributed by atoms with Crippen molar-refractivity contribution >= 4 is 5.91 Å². The van der Waals surface area contributed by atoms with E-state index in [4.69, 9.17) is 0 Å². The van der Waals surface area contributed by atoms with Gasteiger partial charge in [0, 0.05) is 24.0 Å². The number of pyridine rings is 1. The van der Waals surface area contributed by atoms with Gasteiger partial charge in [0.2, 0.25) is 5.91 Å². The fraction of sp³-hybridized carbons (Fsp3) is 0.318. The van der Waals surface area contributed by atoms with E-state index >= 15 is 0 Å². The minimum atomic E-state index is 0.0866. The summed E-state index contributed by atoms with van der Waals surface area (Å²) in [5, 5.41) is 4.67. The Hall–Kier alpha value is -2.95. The van der Waals surface area contributed by atoms with Gasteiger partial charge in [0.25, 0.3) is 0 Å². The predicted molar refractivity (Wildman–Crippen MR) is 105 cm³/mol. The maximum Gasteiger partial charge on any atom is 0.227 e. The topological polar surface area (TPSA) is 51.0 Å². The van der Waals surface area contributed by atoms with E-state index in [2.05, 4.69) is 10.1 Å². The lowest BCUT2D eigenvalue weighted by atomic mass is 10.1. The Morgan fingerprint density at radius 1 is 1.11 bits per heavy atom. The molecule has 0 spiro atoms. The van der Waals surface area contributed by atoms with Gasteiger partial charge in [-0.05, 0) is 51.0 Å². The zero-order valence-corrected chi connectivity index (χ0v) is 15.8. The summed E-state index contributed by atoms with van der Waals surface area (Å²) < 4.78 is 1.93. The minimum Gasteiger partial charge on any atom is -0.334 e. The number of rotatable bonds is 4. The number of amides is 1. The van der Waals surface area contributed by atoms with Gasteiger partial charge in [-0.15, -0.1) is 0 Å².